The summed E-state index contributed by atoms with van der Waals surface area (Å²) in [5.41, 5.74) is 0. The van der Waals surface area contributed by atoms with Crippen molar-refractivity contribution in [2.24, 2.45) is 5.92 Å². The molecular formula is C10H18O. The van der Waals surface area contributed by atoms with Crippen LogP contribution in [0.25, 0.3) is 0 Å². The van der Waals surface area contributed by atoms with Gasteiger partial charge in [-0.2, -0.15) is 0 Å². The highest BCUT2D eigenvalue weighted by Gasteiger charge is 2.24. The Bertz CT molecular complexity index is 116. The number of hydrogen-bond acceptors (Lipinski definition) is 1. The third-order valence-corrected chi connectivity index (χ3v) is 2.60. The smallest absolute Gasteiger partial charge is 0.0568 e. The van der Waals surface area contributed by atoms with E-state index in [-0.39, 0.29) is 6.10 Å². The number of unbranched alkanes of at least 4 members (excludes halogenated alkanes) is 1. The van der Waals surface area contributed by atoms with Gasteiger partial charge in [0.15, 0.2) is 0 Å². The molecule has 0 aromatic carbocycles. The Hall–Kier alpha value is -0.300. The first kappa shape index (κ1) is 8.79. The Kier molecular flexibility index (Phi) is 3.64. The molecule has 1 atom stereocenters. The molecule has 1 fully saturated rings. The van der Waals surface area contributed by atoms with Crippen molar-refractivity contribution in [3.63, 3.8) is 0 Å². The predicted octanol–water partition coefficient (Wildman–Crippen LogP) is 2.50. The maximum absolute atomic E-state index is 9.56. The van der Waals surface area contributed by atoms with Crippen LogP contribution >= 0.6 is 0 Å². The molecule has 0 bridgehead atoms. The zero-order chi connectivity index (χ0) is 8.10. The highest BCUT2D eigenvalue weighted by Crippen LogP contribution is 2.31. The van der Waals surface area contributed by atoms with Gasteiger partial charge in [0.05, 0.1) is 6.10 Å². The molecular weight excluding hydrogens is 136 g/mol. The zero-order valence-electron chi connectivity index (χ0n) is 7.13. The Labute approximate surface area is 69.1 Å². The predicted molar refractivity (Wildman–Crippen MR) is 47.4 cm³/mol. The molecule has 1 aliphatic carbocycles. The monoisotopic (exact) mass is 154 g/mol. The maximum Gasteiger partial charge on any atom is 0.0568 e. The van der Waals surface area contributed by atoms with Crippen LogP contribution in [0, 0.1) is 5.92 Å². The van der Waals surface area contributed by atoms with Crippen LogP contribution in [-0.2, 0) is 0 Å². The van der Waals surface area contributed by atoms with Crippen LogP contribution < -0.4 is 0 Å². The van der Waals surface area contributed by atoms with E-state index in [0.717, 1.165) is 19.3 Å². The molecule has 1 nitrogen and oxygen atoms in total. The van der Waals surface area contributed by atoms with E-state index in [0.29, 0.717) is 5.92 Å². The fourth-order valence-corrected chi connectivity index (χ4v) is 1.53. The standard InChI is InChI=1S/C10H18O/c1-2-3-4-8-10(11)9-6-5-7-9/h2,9-11H,1,3-8H2. The average Bonchev–Trinajstić information content (AvgIpc) is 1.84. The quantitative estimate of drug-likeness (QED) is 0.476. The fourth-order valence-electron chi connectivity index (χ4n) is 1.53. The van der Waals surface area contributed by atoms with Crippen LogP contribution in [0.1, 0.15) is 38.5 Å². The van der Waals surface area contributed by atoms with Gasteiger partial charge in [0.2, 0.25) is 0 Å². The molecule has 0 aliphatic heterocycles. The van der Waals surface area contributed by atoms with E-state index in [9.17, 15) is 5.11 Å². The third-order valence-electron chi connectivity index (χ3n) is 2.60. The molecule has 1 saturated carbocycles. The molecule has 1 N–H and O–H groups in total. The summed E-state index contributed by atoms with van der Waals surface area (Å²) < 4.78 is 0. The van der Waals surface area contributed by atoms with Crippen molar-refractivity contribution >= 4 is 0 Å². The summed E-state index contributed by atoms with van der Waals surface area (Å²) in [4.78, 5) is 0. The lowest BCUT2D eigenvalue weighted by atomic mass is 9.79. The Morgan fingerprint density at radius 3 is 2.73 bits per heavy atom. The molecule has 1 unspecified atom stereocenters. The number of rotatable bonds is 5. The van der Waals surface area contributed by atoms with Crippen molar-refractivity contribution in [2.45, 2.75) is 44.6 Å². The fraction of sp³-hybridized carbons (Fsp3) is 0.800. The lowest BCUT2D eigenvalue weighted by molar-refractivity contribution is 0.0544. The van der Waals surface area contributed by atoms with Crippen molar-refractivity contribution < 1.29 is 5.11 Å². The van der Waals surface area contributed by atoms with Crippen LogP contribution in [0.5, 0.6) is 0 Å². The average molecular weight is 154 g/mol. The van der Waals surface area contributed by atoms with Crippen molar-refractivity contribution in [3.8, 4) is 0 Å². The van der Waals surface area contributed by atoms with Gasteiger partial charge in [0.25, 0.3) is 0 Å². The van der Waals surface area contributed by atoms with Crippen molar-refractivity contribution in [3.05, 3.63) is 12.7 Å². The van der Waals surface area contributed by atoms with Gasteiger partial charge in [-0.3, -0.25) is 0 Å². The Morgan fingerprint density at radius 1 is 1.55 bits per heavy atom. The first-order valence-corrected chi connectivity index (χ1v) is 4.63. The molecule has 11 heavy (non-hydrogen) atoms. The molecule has 0 spiro atoms. The van der Waals surface area contributed by atoms with Crippen molar-refractivity contribution in [2.75, 3.05) is 0 Å². The molecule has 0 aromatic rings. The number of allylic oxidation sites excluding steroid dienone is 1. The second-order valence-corrected chi connectivity index (χ2v) is 3.48. The van der Waals surface area contributed by atoms with Gasteiger partial charge >= 0.3 is 0 Å². The highest BCUT2D eigenvalue weighted by molar-refractivity contribution is 4.77. The zero-order valence-corrected chi connectivity index (χ0v) is 7.13. The first-order chi connectivity index (χ1) is 5.34. The van der Waals surface area contributed by atoms with Gasteiger partial charge in [-0.15, -0.1) is 6.58 Å². The minimum Gasteiger partial charge on any atom is -0.393 e. The van der Waals surface area contributed by atoms with Gasteiger partial charge in [0.1, 0.15) is 0 Å². The van der Waals surface area contributed by atoms with Crippen LogP contribution in [0.2, 0.25) is 0 Å². The number of hydrogen-bond donors (Lipinski definition) is 1. The van der Waals surface area contributed by atoms with Gasteiger partial charge in [-0.1, -0.05) is 12.5 Å². The maximum atomic E-state index is 9.56. The molecule has 0 heterocycles. The van der Waals surface area contributed by atoms with E-state index < -0.39 is 0 Å². The summed E-state index contributed by atoms with van der Waals surface area (Å²) in [6.07, 6.45) is 8.83. The lowest BCUT2D eigenvalue weighted by Gasteiger charge is -2.30. The van der Waals surface area contributed by atoms with E-state index >= 15 is 0 Å². The molecule has 0 radical (unpaired) electrons. The van der Waals surface area contributed by atoms with Gasteiger partial charge in [-0.25, -0.2) is 0 Å². The largest absolute Gasteiger partial charge is 0.393 e. The second-order valence-electron chi connectivity index (χ2n) is 3.48. The second kappa shape index (κ2) is 4.55. The Morgan fingerprint density at radius 2 is 2.27 bits per heavy atom. The summed E-state index contributed by atoms with van der Waals surface area (Å²) >= 11 is 0. The molecule has 1 heteroatoms. The number of aliphatic hydroxyl groups is 1. The highest BCUT2D eigenvalue weighted by atomic mass is 16.3. The SMILES string of the molecule is C=CCCCC(O)C1CCC1. The molecule has 0 saturated heterocycles. The van der Waals surface area contributed by atoms with E-state index in [1.54, 1.807) is 0 Å². The molecule has 0 amide bonds. The minimum atomic E-state index is -0.0244. The summed E-state index contributed by atoms with van der Waals surface area (Å²) in [6, 6.07) is 0. The van der Waals surface area contributed by atoms with Crippen LogP contribution in [0.3, 0.4) is 0 Å². The van der Waals surface area contributed by atoms with Gasteiger partial charge in [0, 0.05) is 0 Å². The molecule has 1 rings (SSSR count). The van der Waals surface area contributed by atoms with E-state index in [4.69, 9.17) is 0 Å². The van der Waals surface area contributed by atoms with E-state index in [1.165, 1.54) is 19.3 Å². The van der Waals surface area contributed by atoms with E-state index in [1.807, 2.05) is 6.08 Å². The van der Waals surface area contributed by atoms with Crippen LogP contribution in [0.15, 0.2) is 12.7 Å². The summed E-state index contributed by atoms with van der Waals surface area (Å²) in [5, 5.41) is 9.56. The van der Waals surface area contributed by atoms with E-state index in [2.05, 4.69) is 6.58 Å². The minimum absolute atomic E-state index is 0.0244. The first-order valence-electron chi connectivity index (χ1n) is 4.63. The van der Waals surface area contributed by atoms with Crippen LogP contribution in [-0.4, -0.2) is 11.2 Å². The number of aliphatic hydroxyl groups excluding tert-OH is 1. The van der Waals surface area contributed by atoms with Crippen LogP contribution in [0.4, 0.5) is 0 Å². The van der Waals surface area contributed by atoms with Crippen molar-refractivity contribution in [1.82, 2.24) is 0 Å². The molecule has 0 aromatic heterocycles. The van der Waals surface area contributed by atoms with Gasteiger partial charge in [-0.05, 0) is 38.0 Å². The topological polar surface area (TPSA) is 20.2 Å². The molecule has 64 valence electrons. The third kappa shape index (κ3) is 2.66. The molecule has 1 aliphatic rings. The van der Waals surface area contributed by atoms with Gasteiger partial charge < -0.3 is 5.11 Å². The van der Waals surface area contributed by atoms with Crippen molar-refractivity contribution in [1.29, 1.82) is 0 Å². The Balaban J connectivity index is 2.00. The summed E-state index contributed by atoms with van der Waals surface area (Å²) in [6.45, 7) is 3.65. The summed E-state index contributed by atoms with van der Waals surface area (Å²) in [7, 11) is 0. The lowest BCUT2D eigenvalue weighted by Crippen LogP contribution is -2.26. The summed E-state index contributed by atoms with van der Waals surface area (Å²) in [5.74, 6) is 0.625. The normalized spacial score (nSPS) is 20.8.